The van der Waals surface area contributed by atoms with Crippen LogP contribution in [0.4, 0.5) is 0 Å². The molecule has 2 nitrogen and oxygen atoms in total. The Morgan fingerprint density at radius 1 is 0.842 bits per heavy atom. The van der Waals surface area contributed by atoms with Crippen LogP contribution in [-0.2, 0) is 0 Å². The Morgan fingerprint density at radius 2 is 1.37 bits per heavy atom. The lowest BCUT2D eigenvalue weighted by molar-refractivity contribution is 0.534. The second-order valence-corrected chi connectivity index (χ2v) is 5.24. The van der Waals surface area contributed by atoms with Crippen molar-refractivity contribution in [1.29, 1.82) is 0 Å². The fourth-order valence-electron chi connectivity index (χ4n) is 1.96. The maximum Gasteiger partial charge on any atom is 0.191 e. The van der Waals surface area contributed by atoms with Crippen LogP contribution in [0.3, 0.4) is 0 Å². The summed E-state index contributed by atoms with van der Waals surface area (Å²) in [5, 5.41) is 0. The van der Waals surface area contributed by atoms with Crippen molar-refractivity contribution in [3.05, 3.63) is 65.1 Å². The first-order chi connectivity index (χ1) is 9.22. The van der Waals surface area contributed by atoms with Crippen molar-refractivity contribution in [2.24, 2.45) is 0 Å². The van der Waals surface area contributed by atoms with Crippen LogP contribution < -0.4 is 0 Å². The summed E-state index contributed by atoms with van der Waals surface area (Å²) in [7, 11) is 0. The molecule has 0 saturated heterocycles. The predicted molar refractivity (Wildman–Crippen MR) is 79.8 cm³/mol. The van der Waals surface area contributed by atoms with Gasteiger partial charge in [0.1, 0.15) is 0 Å². The molecule has 3 rings (SSSR count). The van der Waals surface area contributed by atoms with Gasteiger partial charge in [0.25, 0.3) is 0 Å². The average molecular weight is 314 g/mol. The number of aryl methyl sites for hydroxylation is 1. The van der Waals surface area contributed by atoms with Crippen LogP contribution in [-0.4, -0.2) is 4.98 Å². The van der Waals surface area contributed by atoms with E-state index in [0.29, 0.717) is 5.89 Å². The Hall–Kier alpha value is -1.87. The minimum atomic E-state index is 0.687. The van der Waals surface area contributed by atoms with Crippen molar-refractivity contribution in [2.75, 3.05) is 0 Å². The molecule has 0 aliphatic carbocycles. The molecule has 0 saturated carbocycles. The van der Waals surface area contributed by atoms with Crippen LogP contribution in [0.15, 0.2) is 63.6 Å². The van der Waals surface area contributed by atoms with Crippen molar-refractivity contribution in [3.8, 4) is 22.5 Å². The van der Waals surface area contributed by atoms with Gasteiger partial charge in [-0.05, 0) is 23.3 Å². The van der Waals surface area contributed by atoms with Gasteiger partial charge in [0, 0.05) is 17.0 Å². The molecule has 0 spiro atoms. The van der Waals surface area contributed by atoms with Crippen molar-refractivity contribution >= 4 is 15.9 Å². The molecule has 3 heteroatoms. The number of benzene rings is 2. The molecule has 0 aliphatic heterocycles. The van der Waals surface area contributed by atoms with Crippen LogP contribution in [0.1, 0.15) is 5.89 Å². The van der Waals surface area contributed by atoms with E-state index in [1.54, 1.807) is 6.20 Å². The summed E-state index contributed by atoms with van der Waals surface area (Å²) in [5.41, 5.74) is 3.43. The molecule has 0 bridgehead atoms. The molecule has 2 aromatic carbocycles. The Kier molecular flexibility index (Phi) is 3.22. The summed E-state index contributed by atoms with van der Waals surface area (Å²) in [4.78, 5) is 4.11. The molecule has 0 N–H and O–H groups in total. The molecular formula is C16H12BrNO. The summed E-state index contributed by atoms with van der Waals surface area (Å²) in [6.45, 7) is 1.85. The summed E-state index contributed by atoms with van der Waals surface area (Å²) in [5.74, 6) is 1.49. The number of hydrogen-bond acceptors (Lipinski definition) is 2. The molecule has 0 fully saturated rings. The highest BCUT2D eigenvalue weighted by atomic mass is 79.9. The fourth-order valence-corrected chi connectivity index (χ4v) is 2.23. The Balaban J connectivity index is 1.92. The topological polar surface area (TPSA) is 26.0 Å². The number of nitrogens with zero attached hydrogens (tertiary/aromatic N) is 1. The molecule has 0 amide bonds. The zero-order valence-electron chi connectivity index (χ0n) is 10.4. The van der Waals surface area contributed by atoms with Gasteiger partial charge in [-0.3, -0.25) is 0 Å². The van der Waals surface area contributed by atoms with E-state index >= 15 is 0 Å². The Morgan fingerprint density at radius 3 is 1.89 bits per heavy atom. The quantitative estimate of drug-likeness (QED) is 0.659. The molecule has 1 aromatic heterocycles. The average Bonchev–Trinajstić information content (AvgIpc) is 2.87. The fraction of sp³-hybridized carbons (Fsp3) is 0.0625. The van der Waals surface area contributed by atoms with Crippen LogP contribution in [0.2, 0.25) is 0 Å². The lowest BCUT2D eigenvalue weighted by Gasteiger charge is -2.03. The minimum Gasteiger partial charge on any atom is -0.441 e. The second kappa shape index (κ2) is 5.02. The zero-order chi connectivity index (χ0) is 13.2. The van der Waals surface area contributed by atoms with Gasteiger partial charge in [0.05, 0.1) is 6.20 Å². The van der Waals surface area contributed by atoms with Gasteiger partial charge in [-0.15, -0.1) is 0 Å². The Labute approximate surface area is 120 Å². The monoisotopic (exact) mass is 313 g/mol. The molecule has 1 heterocycles. The third-order valence-electron chi connectivity index (χ3n) is 2.97. The lowest BCUT2D eigenvalue weighted by atomic mass is 10.0. The van der Waals surface area contributed by atoms with Gasteiger partial charge in [0.15, 0.2) is 11.7 Å². The van der Waals surface area contributed by atoms with Crippen LogP contribution in [0.5, 0.6) is 0 Å². The SMILES string of the molecule is Cc1ncc(-c2ccc(-c3ccc(Br)cc3)cc2)o1. The van der Waals surface area contributed by atoms with Gasteiger partial charge in [-0.1, -0.05) is 52.3 Å². The van der Waals surface area contributed by atoms with Crippen LogP contribution in [0.25, 0.3) is 22.5 Å². The van der Waals surface area contributed by atoms with Gasteiger partial charge >= 0.3 is 0 Å². The molecule has 94 valence electrons. The van der Waals surface area contributed by atoms with E-state index in [1.165, 1.54) is 11.1 Å². The van der Waals surface area contributed by atoms with E-state index in [0.717, 1.165) is 15.8 Å². The van der Waals surface area contributed by atoms with Gasteiger partial charge in [0.2, 0.25) is 0 Å². The first-order valence-corrected chi connectivity index (χ1v) is 6.80. The first-order valence-electron chi connectivity index (χ1n) is 6.01. The zero-order valence-corrected chi connectivity index (χ0v) is 12.0. The highest BCUT2D eigenvalue weighted by molar-refractivity contribution is 9.10. The molecule has 3 aromatic rings. The van der Waals surface area contributed by atoms with Gasteiger partial charge < -0.3 is 4.42 Å². The Bertz CT molecular complexity index is 684. The summed E-state index contributed by atoms with van der Waals surface area (Å²) < 4.78 is 6.60. The molecule has 0 unspecified atom stereocenters. The van der Waals surface area contributed by atoms with Crippen molar-refractivity contribution in [3.63, 3.8) is 0 Å². The summed E-state index contributed by atoms with van der Waals surface area (Å²) in [6, 6.07) is 16.6. The normalized spacial score (nSPS) is 10.6. The highest BCUT2D eigenvalue weighted by Crippen LogP contribution is 2.26. The summed E-state index contributed by atoms with van der Waals surface area (Å²) >= 11 is 3.44. The maximum absolute atomic E-state index is 5.51. The largest absolute Gasteiger partial charge is 0.441 e. The van der Waals surface area contributed by atoms with Gasteiger partial charge in [-0.2, -0.15) is 0 Å². The van der Waals surface area contributed by atoms with Gasteiger partial charge in [-0.25, -0.2) is 4.98 Å². The van der Waals surface area contributed by atoms with Crippen molar-refractivity contribution < 1.29 is 4.42 Å². The number of rotatable bonds is 2. The molecule has 0 atom stereocenters. The van der Waals surface area contributed by atoms with E-state index in [4.69, 9.17) is 4.42 Å². The van der Waals surface area contributed by atoms with E-state index in [1.807, 2.05) is 19.1 Å². The molecular weight excluding hydrogens is 302 g/mol. The third-order valence-corrected chi connectivity index (χ3v) is 3.50. The van der Waals surface area contributed by atoms with E-state index in [2.05, 4.69) is 57.3 Å². The minimum absolute atomic E-state index is 0.687. The number of hydrogen-bond donors (Lipinski definition) is 0. The van der Waals surface area contributed by atoms with Crippen LogP contribution in [0, 0.1) is 6.92 Å². The highest BCUT2D eigenvalue weighted by Gasteiger charge is 2.04. The number of aromatic nitrogens is 1. The van der Waals surface area contributed by atoms with E-state index in [9.17, 15) is 0 Å². The molecule has 0 aliphatic rings. The number of halogens is 1. The second-order valence-electron chi connectivity index (χ2n) is 4.33. The smallest absolute Gasteiger partial charge is 0.191 e. The van der Waals surface area contributed by atoms with Crippen LogP contribution >= 0.6 is 15.9 Å². The van der Waals surface area contributed by atoms with E-state index < -0.39 is 0 Å². The molecule has 0 radical (unpaired) electrons. The maximum atomic E-state index is 5.51. The predicted octanol–water partition coefficient (Wildman–Crippen LogP) is 5.08. The standard InChI is InChI=1S/C16H12BrNO/c1-11-18-10-16(19-11)14-4-2-12(3-5-14)13-6-8-15(17)9-7-13/h2-10H,1H3. The lowest BCUT2D eigenvalue weighted by Crippen LogP contribution is -1.79. The molecule has 19 heavy (non-hydrogen) atoms. The van der Waals surface area contributed by atoms with Crippen molar-refractivity contribution in [2.45, 2.75) is 6.92 Å². The van der Waals surface area contributed by atoms with E-state index in [-0.39, 0.29) is 0 Å². The third kappa shape index (κ3) is 2.61. The van der Waals surface area contributed by atoms with Crippen molar-refractivity contribution in [1.82, 2.24) is 4.98 Å². The number of oxazole rings is 1. The summed E-state index contributed by atoms with van der Waals surface area (Å²) in [6.07, 6.45) is 1.75. The first kappa shape index (κ1) is 12.2.